The number of amidine groups is 1. The zero-order valence-corrected chi connectivity index (χ0v) is 15.3. The third kappa shape index (κ3) is 4.15. The first-order valence-corrected chi connectivity index (χ1v) is 9.44. The van der Waals surface area contributed by atoms with Crippen LogP contribution in [0.1, 0.15) is 32.8 Å². The summed E-state index contributed by atoms with van der Waals surface area (Å²) in [4.78, 5) is 16.1. The van der Waals surface area contributed by atoms with Gasteiger partial charge >= 0.3 is 0 Å². The Morgan fingerprint density at radius 1 is 1.33 bits per heavy atom. The number of hydrogen-bond acceptors (Lipinski definition) is 4. The van der Waals surface area contributed by atoms with E-state index in [0.717, 1.165) is 6.42 Å². The number of aliphatic imine (C=N–C) groups is 1. The van der Waals surface area contributed by atoms with Gasteiger partial charge in [-0.2, -0.15) is 0 Å². The number of benzene rings is 1. The van der Waals surface area contributed by atoms with E-state index in [1.54, 1.807) is 31.2 Å². The van der Waals surface area contributed by atoms with Crippen molar-refractivity contribution in [2.24, 2.45) is 4.99 Å². The minimum absolute atomic E-state index is 0.0548. The average Bonchev–Trinajstić information content (AvgIpc) is 2.75. The van der Waals surface area contributed by atoms with Crippen molar-refractivity contribution in [3.63, 3.8) is 0 Å². The highest BCUT2D eigenvalue weighted by molar-refractivity contribution is 8.00. The standard InChI is InChI=1S/C16H20ClN3O3S/c1-4-10(2)19-14(21)9-18-16-11(3)15(24(22,23)20-16)12-5-7-13(17)8-6-12/h5-8,10H,4,9H2,1-3H3,(H,18,20)(H,19,21). The summed E-state index contributed by atoms with van der Waals surface area (Å²) in [7, 11) is -3.70. The van der Waals surface area contributed by atoms with Crippen molar-refractivity contribution in [2.45, 2.75) is 33.2 Å². The summed E-state index contributed by atoms with van der Waals surface area (Å²) < 4.78 is 27.1. The summed E-state index contributed by atoms with van der Waals surface area (Å²) in [6, 6.07) is 6.58. The predicted molar refractivity (Wildman–Crippen MR) is 96.3 cm³/mol. The van der Waals surface area contributed by atoms with Crippen molar-refractivity contribution in [3.05, 3.63) is 40.4 Å². The molecule has 24 heavy (non-hydrogen) atoms. The lowest BCUT2D eigenvalue weighted by Gasteiger charge is -2.09. The molecule has 130 valence electrons. The van der Waals surface area contributed by atoms with Crippen molar-refractivity contribution in [2.75, 3.05) is 6.54 Å². The van der Waals surface area contributed by atoms with Crippen LogP contribution in [0.5, 0.6) is 0 Å². The fourth-order valence-electron chi connectivity index (χ4n) is 2.26. The van der Waals surface area contributed by atoms with E-state index >= 15 is 0 Å². The fourth-order valence-corrected chi connectivity index (χ4v) is 3.91. The molecule has 1 atom stereocenters. The second-order valence-electron chi connectivity index (χ2n) is 5.61. The van der Waals surface area contributed by atoms with Gasteiger partial charge in [0.25, 0.3) is 10.0 Å². The Kier molecular flexibility index (Phi) is 5.66. The maximum absolute atomic E-state index is 12.4. The van der Waals surface area contributed by atoms with E-state index in [2.05, 4.69) is 15.0 Å². The Hall–Kier alpha value is -1.86. The summed E-state index contributed by atoms with van der Waals surface area (Å²) in [5.41, 5.74) is 1.01. The summed E-state index contributed by atoms with van der Waals surface area (Å²) in [5, 5.41) is 3.31. The molecule has 0 aliphatic carbocycles. The van der Waals surface area contributed by atoms with Crippen LogP contribution in [0.15, 0.2) is 34.8 Å². The Labute approximate surface area is 147 Å². The Morgan fingerprint density at radius 3 is 2.54 bits per heavy atom. The Bertz CT molecular complexity index is 798. The van der Waals surface area contributed by atoms with Gasteiger partial charge in [0.05, 0.1) is 0 Å². The van der Waals surface area contributed by atoms with E-state index in [9.17, 15) is 13.2 Å². The van der Waals surface area contributed by atoms with Gasteiger partial charge in [0, 0.05) is 16.6 Å². The molecular formula is C16H20ClN3O3S. The number of sulfonamides is 1. The number of carbonyl (C=O) groups excluding carboxylic acids is 1. The molecule has 1 heterocycles. The average molecular weight is 370 g/mol. The first kappa shape index (κ1) is 18.5. The molecule has 0 spiro atoms. The Morgan fingerprint density at radius 2 is 1.96 bits per heavy atom. The molecule has 6 nitrogen and oxygen atoms in total. The number of nitrogens with zero attached hydrogens (tertiary/aromatic N) is 1. The third-order valence-electron chi connectivity index (χ3n) is 3.70. The third-order valence-corrected chi connectivity index (χ3v) is 5.50. The van der Waals surface area contributed by atoms with Gasteiger partial charge in [-0.3, -0.25) is 14.5 Å². The molecule has 0 saturated carbocycles. The second kappa shape index (κ2) is 7.36. The lowest BCUT2D eigenvalue weighted by molar-refractivity contribution is -0.120. The first-order valence-electron chi connectivity index (χ1n) is 7.58. The number of rotatable bonds is 5. The van der Waals surface area contributed by atoms with Crippen molar-refractivity contribution < 1.29 is 13.2 Å². The van der Waals surface area contributed by atoms with Crippen LogP contribution in [0.4, 0.5) is 0 Å². The van der Waals surface area contributed by atoms with E-state index in [4.69, 9.17) is 11.6 Å². The molecule has 1 unspecified atom stereocenters. The highest BCUT2D eigenvalue weighted by Gasteiger charge is 2.32. The van der Waals surface area contributed by atoms with E-state index in [-0.39, 0.29) is 29.2 Å². The minimum atomic E-state index is -3.70. The molecule has 1 aromatic rings. The van der Waals surface area contributed by atoms with E-state index < -0.39 is 10.0 Å². The maximum atomic E-state index is 12.4. The summed E-state index contributed by atoms with van der Waals surface area (Å²) in [6.07, 6.45) is 0.814. The molecule has 8 heteroatoms. The minimum Gasteiger partial charge on any atom is -0.352 e. The smallest absolute Gasteiger partial charge is 0.264 e. The summed E-state index contributed by atoms with van der Waals surface area (Å²) >= 11 is 5.84. The van der Waals surface area contributed by atoms with Crippen molar-refractivity contribution in [3.8, 4) is 0 Å². The van der Waals surface area contributed by atoms with Crippen LogP contribution in [-0.4, -0.2) is 32.7 Å². The molecule has 1 aliphatic rings. The van der Waals surface area contributed by atoms with Crippen LogP contribution in [0.2, 0.25) is 5.02 Å². The first-order chi connectivity index (χ1) is 11.2. The van der Waals surface area contributed by atoms with Gasteiger partial charge in [-0.15, -0.1) is 0 Å². The maximum Gasteiger partial charge on any atom is 0.264 e. The van der Waals surface area contributed by atoms with Crippen molar-refractivity contribution >= 4 is 38.3 Å². The predicted octanol–water partition coefficient (Wildman–Crippen LogP) is 2.32. The Balaban J connectivity index is 2.26. The molecule has 0 aromatic heterocycles. The molecule has 1 aliphatic heterocycles. The van der Waals surface area contributed by atoms with Gasteiger partial charge in [-0.25, -0.2) is 8.42 Å². The molecule has 2 rings (SSSR count). The molecule has 0 radical (unpaired) electrons. The topological polar surface area (TPSA) is 87.6 Å². The zero-order chi connectivity index (χ0) is 17.9. The highest BCUT2D eigenvalue weighted by Crippen LogP contribution is 2.30. The van der Waals surface area contributed by atoms with E-state index in [0.29, 0.717) is 16.2 Å². The number of halogens is 1. The van der Waals surface area contributed by atoms with Crippen LogP contribution in [0.25, 0.3) is 4.91 Å². The number of nitrogens with one attached hydrogen (secondary N) is 2. The molecule has 0 saturated heterocycles. The van der Waals surface area contributed by atoms with Crippen molar-refractivity contribution in [1.82, 2.24) is 10.0 Å². The monoisotopic (exact) mass is 369 g/mol. The zero-order valence-electron chi connectivity index (χ0n) is 13.8. The number of hydrogen-bond donors (Lipinski definition) is 2. The lowest BCUT2D eigenvalue weighted by Crippen LogP contribution is -2.34. The van der Waals surface area contributed by atoms with E-state index in [1.807, 2.05) is 13.8 Å². The van der Waals surface area contributed by atoms with Crippen molar-refractivity contribution in [1.29, 1.82) is 0 Å². The van der Waals surface area contributed by atoms with Gasteiger partial charge in [0.15, 0.2) is 0 Å². The number of amides is 1. The van der Waals surface area contributed by atoms with E-state index in [1.165, 1.54) is 0 Å². The molecule has 0 fully saturated rings. The van der Waals surface area contributed by atoms with Crippen LogP contribution >= 0.6 is 11.6 Å². The second-order valence-corrected chi connectivity index (χ2v) is 7.66. The van der Waals surface area contributed by atoms with Crippen LogP contribution in [0.3, 0.4) is 0 Å². The molecule has 0 bridgehead atoms. The molecular weight excluding hydrogens is 350 g/mol. The van der Waals surface area contributed by atoms with Gasteiger partial charge < -0.3 is 5.32 Å². The lowest BCUT2D eigenvalue weighted by atomic mass is 10.1. The molecule has 2 N–H and O–H groups in total. The highest BCUT2D eigenvalue weighted by atomic mass is 35.5. The quantitative estimate of drug-likeness (QED) is 0.834. The largest absolute Gasteiger partial charge is 0.352 e. The molecule has 1 aromatic carbocycles. The summed E-state index contributed by atoms with van der Waals surface area (Å²) in [6.45, 7) is 5.39. The number of carbonyl (C=O) groups is 1. The summed E-state index contributed by atoms with van der Waals surface area (Å²) in [5.74, 6) is -0.0527. The van der Waals surface area contributed by atoms with Gasteiger partial charge in [0.1, 0.15) is 17.3 Å². The van der Waals surface area contributed by atoms with Gasteiger partial charge in [0.2, 0.25) is 5.91 Å². The van der Waals surface area contributed by atoms with Gasteiger partial charge in [-0.05, 0) is 38.0 Å². The van der Waals surface area contributed by atoms with Crippen LogP contribution in [-0.2, 0) is 14.8 Å². The fraction of sp³-hybridized carbons (Fsp3) is 0.375. The normalized spacial score (nSPS) is 19.2. The SMILES string of the molecule is CCC(C)NC(=O)CN=C1NS(=O)(=O)C(c2ccc(Cl)cc2)=C1C. The molecule has 1 amide bonds. The van der Waals surface area contributed by atoms with Crippen LogP contribution < -0.4 is 10.0 Å². The van der Waals surface area contributed by atoms with Crippen LogP contribution in [0, 0.1) is 0 Å². The van der Waals surface area contributed by atoms with Gasteiger partial charge in [-0.1, -0.05) is 30.7 Å².